The van der Waals surface area contributed by atoms with E-state index >= 15 is 0 Å². The number of carboxylic acid groups (broad SMARTS) is 1. The zero-order valence-electron chi connectivity index (χ0n) is 10.8. The van der Waals surface area contributed by atoms with Gasteiger partial charge in [-0.3, -0.25) is 14.4 Å². The van der Waals surface area contributed by atoms with Crippen LogP contribution in [-0.4, -0.2) is 65.0 Å². The largest absolute Gasteiger partial charge is 0.480 e. The van der Waals surface area contributed by atoms with Crippen molar-refractivity contribution in [2.45, 2.75) is 19.5 Å². The Morgan fingerprint density at radius 2 is 2.05 bits per heavy atom. The van der Waals surface area contributed by atoms with Crippen molar-refractivity contribution < 1.29 is 32.7 Å². The summed E-state index contributed by atoms with van der Waals surface area (Å²) in [5.41, 5.74) is 0. The standard InChI is InChI=1S/C11H15F3N2O4/c1-2-15-4-7(3-8(15)17)10(20)16(5-9(18)19)6-11(12,13)14/h7H,2-6H2,1H3,(H,18,19). The van der Waals surface area contributed by atoms with Crippen LogP contribution in [0.5, 0.6) is 0 Å². The van der Waals surface area contributed by atoms with Crippen LogP contribution < -0.4 is 0 Å². The molecule has 1 heterocycles. The van der Waals surface area contributed by atoms with E-state index in [1.165, 1.54) is 4.90 Å². The van der Waals surface area contributed by atoms with Gasteiger partial charge in [0, 0.05) is 19.5 Å². The van der Waals surface area contributed by atoms with Crippen LogP contribution in [0, 0.1) is 5.92 Å². The summed E-state index contributed by atoms with van der Waals surface area (Å²) in [6, 6.07) is 0. The SMILES string of the molecule is CCN1CC(C(=O)N(CC(=O)O)CC(F)(F)F)CC1=O. The van der Waals surface area contributed by atoms with Crippen molar-refractivity contribution in [3.63, 3.8) is 0 Å². The first-order valence-electron chi connectivity index (χ1n) is 5.99. The molecule has 1 N–H and O–H groups in total. The van der Waals surface area contributed by atoms with Gasteiger partial charge in [-0.2, -0.15) is 13.2 Å². The smallest absolute Gasteiger partial charge is 0.406 e. The van der Waals surface area contributed by atoms with Gasteiger partial charge in [0.1, 0.15) is 13.1 Å². The predicted octanol–water partition coefficient (Wildman–Crippen LogP) is 0.330. The summed E-state index contributed by atoms with van der Waals surface area (Å²) in [6.07, 6.45) is -4.86. The highest BCUT2D eigenvalue weighted by Gasteiger charge is 2.40. The van der Waals surface area contributed by atoms with Crippen molar-refractivity contribution in [1.29, 1.82) is 0 Å². The van der Waals surface area contributed by atoms with Gasteiger partial charge >= 0.3 is 12.1 Å². The first kappa shape index (κ1) is 16.3. The molecule has 0 aliphatic carbocycles. The highest BCUT2D eigenvalue weighted by Crippen LogP contribution is 2.23. The number of hydrogen-bond acceptors (Lipinski definition) is 3. The molecule has 0 spiro atoms. The second-order valence-electron chi connectivity index (χ2n) is 4.54. The number of alkyl halides is 3. The topological polar surface area (TPSA) is 77.9 Å². The fraction of sp³-hybridized carbons (Fsp3) is 0.727. The number of amides is 2. The molecular formula is C11H15F3N2O4. The summed E-state index contributed by atoms with van der Waals surface area (Å²) in [4.78, 5) is 35.6. The molecule has 20 heavy (non-hydrogen) atoms. The molecule has 1 aliphatic rings. The van der Waals surface area contributed by atoms with E-state index < -0.39 is 37.1 Å². The Kier molecular flexibility index (Phi) is 4.96. The Hall–Kier alpha value is -1.80. The number of aliphatic carboxylic acids is 1. The molecule has 0 radical (unpaired) electrons. The average Bonchev–Trinajstić information content (AvgIpc) is 2.66. The Balaban J connectivity index is 2.78. The number of hydrogen-bond donors (Lipinski definition) is 1. The highest BCUT2D eigenvalue weighted by atomic mass is 19.4. The van der Waals surface area contributed by atoms with Gasteiger partial charge in [-0.05, 0) is 6.92 Å². The van der Waals surface area contributed by atoms with Crippen LogP contribution in [0.4, 0.5) is 13.2 Å². The van der Waals surface area contributed by atoms with E-state index in [0.717, 1.165) is 0 Å². The number of halogens is 3. The van der Waals surface area contributed by atoms with Gasteiger partial charge in [-0.1, -0.05) is 0 Å². The molecule has 0 aromatic heterocycles. The van der Waals surface area contributed by atoms with E-state index in [9.17, 15) is 27.6 Å². The molecule has 1 unspecified atom stereocenters. The van der Waals surface area contributed by atoms with Gasteiger partial charge < -0.3 is 14.9 Å². The second kappa shape index (κ2) is 6.10. The minimum Gasteiger partial charge on any atom is -0.480 e. The average molecular weight is 296 g/mol. The summed E-state index contributed by atoms with van der Waals surface area (Å²) in [5, 5.41) is 8.58. The normalized spacial score (nSPS) is 19.3. The zero-order valence-corrected chi connectivity index (χ0v) is 10.8. The minimum absolute atomic E-state index is 0.0299. The lowest BCUT2D eigenvalue weighted by molar-refractivity contribution is -0.167. The molecule has 0 aromatic rings. The summed E-state index contributed by atoms with van der Waals surface area (Å²) in [7, 11) is 0. The lowest BCUT2D eigenvalue weighted by Crippen LogP contribution is -2.45. The molecule has 0 saturated carbocycles. The van der Waals surface area contributed by atoms with Crippen molar-refractivity contribution in [1.82, 2.24) is 9.80 Å². The van der Waals surface area contributed by atoms with Crippen LogP contribution in [-0.2, 0) is 14.4 Å². The third kappa shape index (κ3) is 4.39. The van der Waals surface area contributed by atoms with E-state index in [1.807, 2.05) is 0 Å². The van der Waals surface area contributed by atoms with E-state index in [2.05, 4.69) is 0 Å². The van der Waals surface area contributed by atoms with Gasteiger partial charge in [0.05, 0.1) is 5.92 Å². The molecule has 0 bridgehead atoms. The van der Waals surface area contributed by atoms with Crippen LogP contribution >= 0.6 is 0 Å². The third-order valence-corrected chi connectivity index (χ3v) is 2.95. The molecule has 1 aliphatic heterocycles. The quantitative estimate of drug-likeness (QED) is 0.793. The molecule has 2 amide bonds. The van der Waals surface area contributed by atoms with Gasteiger partial charge in [0.25, 0.3) is 0 Å². The summed E-state index contributed by atoms with van der Waals surface area (Å²) >= 11 is 0. The van der Waals surface area contributed by atoms with Crippen LogP contribution in [0.3, 0.4) is 0 Å². The monoisotopic (exact) mass is 296 g/mol. The third-order valence-electron chi connectivity index (χ3n) is 2.95. The summed E-state index contributed by atoms with van der Waals surface area (Å²) in [6.45, 7) is -0.581. The van der Waals surface area contributed by atoms with Gasteiger partial charge in [-0.15, -0.1) is 0 Å². The van der Waals surface area contributed by atoms with E-state index in [0.29, 0.717) is 6.54 Å². The number of carboxylic acids is 1. The number of carbonyl (C=O) groups excluding carboxylic acids is 2. The lowest BCUT2D eigenvalue weighted by atomic mass is 10.1. The van der Waals surface area contributed by atoms with Gasteiger partial charge in [0.15, 0.2) is 0 Å². The van der Waals surface area contributed by atoms with E-state index in [-0.39, 0.29) is 23.8 Å². The minimum atomic E-state index is -4.68. The predicted molar refractivity (Wildman–Crippen MR) is 60.6 cm³/mol. The summed E-state index contributed by atoms with van der Waals surface area (Å²) < 4.78 is 37.1. The maximum absolute atomic E-state index is 12.4. The Bertz CT molecular complexity index is 411. The Morgan fingerprint density at radius 1 is 1.45 bits per heavy atom. The van der Waals surface area contributed by atoms with E-state index in [4.69, 9.17) is 5.11 Å². The molecule has 1 fully saturated rings. The fourth-order valence-corrected chi connectivity index (χ4v) is 2.09. The van der Waals surface area contributed by atoms with Crippen molar-refractivity contribution >= 4 is 17.8 Å². The lowest BCUT2D eigenvalue weighted by Gasteiger charge is -2.24. The molecule has 0 aromatic carbocycles. The fourth-order valence-electron chi connectivity index (χ4n) is 2.09. The maximum atomic E-state index is 12.4. The van der Waals surface area contributed by atoms with Crippen LogP contribution in [0.25, 0.3) is 0 Å². The van der Waals surface area contributed by atoms with Gasteiger partial charge in [-0.25, -0.2) is 0 Å². The van der Waals surface area contributed by atoms with Crippen LogP contribution in [0.1, 0.15) is 13.3 Å². The van der Waals surface area contributed by atoms with Crippen molar-refractivity contribution in [3.05, 3.63) is 0 Å². The number of likely N-dealkylation sites (tertiary alicyclic amines) is 1. The van der Waals surface area contributed by atoms with Crippen molar-refractivity contribution in [2.24, 2.45) is 5.92 Å². The van der Waals surface area contributed by atoms with Crippen LogP contribution in [0.15, 0.2) is 0 Å². The molecule has 1 saturated heterocycles. The number of carbonyl (C=O) groups is 3. The van der Waals surface area contributed by atoms with Gasteiger partial charge in [0.2, 0.25) is 11.8 Å². The molecule has 1 atom stereocenters. The zero-order chi connectivity index (χ0) is 15.5. The van der Waals surface area contributed by atoms with Crippen LogP contribution in [0.2, 0.25) is 0 Å². The molecule has 1 rings (SSSR count). The molecule has 114 valence electrons. The molecule has 9 heteroatoms. The van der Waals surface area contributed by atoms with E-state index in [1.54, 1.807) is 6.92 Å². The highest BCUT2D eigenvalue weighted by molar-refractivity contribution is 5.90. The maximum Gasteiger partial charge on any atom is 0.406 e. The molecule has 6 nitrogen and oxygen atoms in total. The van der Waals surface area contributed by atoms with Crippen molar-refractivity contribution in [2.75, 3.05) is 26.2 Å². The number of nitrogens with zero attached hydrogens (tertiary/aromatic N) is 2. The Labute approximate surface area is 113 Å². The molecular weight excluding hydrogens is 281 g/mol. The first-order chi connectivity index (χ1) is 9.14. The Morgan fingerprint density at radius 3 is 2.45 bits per heavy atom. The summed E-state index contributed by atoms with van der Waals surface area (Å²) in [5.74, 6) is -3.70. The van der Waals surface area contributed by atoms with Crippen molar-refractivity contribution in [3.8, 4) is 0 Å². The second-order valence-corrected chi connectivity index (χ2v) is 4.54. The number of rotatable bonds is 5. The first-order valence-corrected chi connectivity index (χ1v) is 5.99.